The molecule has 7 heteroatoms. The molecule has 0 radical (unpaired) electrons. The maximum Gasteiger partial charge on any atom is 0.245 e. The number of carbonyl (C=O) groups excluding carboxylic acids is 2. The third-order valence-electron chi connectivity index (χ3n) is 13.2. The number of carbonyl (C=O) groups is 2. The Bertz CT molecular complexity index is 965. The van der Waals surface area contributed by atoms with Crippen molar-refractivity contribution < 1.29 is 19.8 Å². The van der Waals surface area contributed by atoms with Crippen molar-refractivity contribution in [2.45, 2.75) is 123 Å². The van der Waals surface area contributed by atoms with Crippen LogP contribution in [0.5, 0.6) is 0 Å². The van der Waals surface area contributed by atoms with Crippen LogP contribution in [-0.2, 0) is 9.59 Å². The standard InChI is InChI=1S/C33H55N3O4/c1-21(2)18-30(39)36-13-5-6-26(36)31(40)35-16-14-34(15-17-35)27-20-33(4)22(19-28(27)37)7-8-23-24-9-10-29(38)32(24,3)12-11-25(23)33/h21-29,37-38H,5-20H2,1-4H3/t22-,23-,24-,25-,26-,27-,28-,29-,32-,33-/m0/s1. The normalized spacial score (nSPS) is 45.8. The van der Waals surface area contributed by atoms with Crippen LogP contribution in [0.3, 0.4) is 0 Å². The number of likely N-dealkylation sites (tertiary alicyclic amines) is 1. The summed E-state index contributed by atoms with van der Waals surface area (Å²) in [4.78, 5) is 32.7. The summed E-state index contributed by atoms with van der Waals surface area (Å²) in [5, 5.41) is 22.2. The molecule has 6 aliphatic rings. The fourth-order valence-electron chi connectivity index (χ4n) is 10.9. The lowest BCUT2D eigenvalue weighted by molar-refractivity contribution is -0.158. The van der Waals surface area contributed by atoms with Crippen LogP contribution in [0.25, 0.3) is 0 Å². The lowest BCUT2D eigenvalue weighted by Gasteiger charge is -2.62. The van der Waals surface area contributed by atoms with Crippen molar-refractivity contribution in [3.63, 3.8) is 0 Å². The molecular formula is C33H55N3O4. The van der Waals surface area contributed by atoms with E-state index in [9.17, 15) is 19.8 Å². The van der Waals surface area contributed by atoms with Gasteiger partial charge in [0.15, 0.2) is 0 Å². The molecule has 40 heavy (non-hydrogen) atoms. The van der Waals surface area contributed by atoms with Gasteiger partial charge in [-0.05, 0) is 105 Å². The summed E-state index contributed by atoms with van der Waals surface area (Å²) in [6.07, 6.45) is 10.8. The van der Waals surface area contributed by atoms with Gasteiger partial charge >= 0.3 is 0 Å². The second kappa shape index (κ2) is 10.8. The second-order valence-electron chi connectivity index (χ2n) is 15.6. The Balaban J connectivity index is 1.10. The number of aliphatic hydroxyl groups excluding tert-OH is 2. The first-order valence-electron chi connectivity index (χ1n) is 16.7. The Morgan fingerprint density at radius 1 is 0.875 bits per heavy atom. The Morgan fingerprint density at radius 2 is 1.60 bits per heavy atom. The van der Waals surface area contributed by atoms with Gasteiger partial charge < -0.3 is 20.0 Å². The average molecular weight is 558 g/mol. The molecule has 2 saturated heterocycles. The fourth-order valence-corrected chi connectivity index (χ4v) is 10.9. The van der Waals surface area contributed by atoms with E-state index in [1.807, 2.05) is 9.80 Å². The van der Waals surface area contributed by atoms with Gasteiger partial charge in [-0.25, -0.2) is 0 Å². The van der Waals surface area contributed by atoms with Crippen LogP contribution in [-0.4, -0.2) is 93.7 Å². The van der Waals surface area contributed by atoms with E-state index >= 15 is 0 Å². The van der Waals surface area contributed by atoms with Crippen LogP contribution in [0, 0.1) is 40.4 Å². The van der Waals surface area contributed by atoms with E-state index in [1.54, 1.807) is 0 Å². The lowest BCUT2D eigenvalue weighted by atomic mass is 9.44. The number of aliphatic hydroxyl groups is 2. The van der Waals surface area contributed by atoms with Crippen LogP contribution in [0.4, 0.5) is 0 Å². The molecule has 7 nitrogen and oxygen atoms in total. The molecule has 0 spiro atoms. The van der Waals surface area contributed by atoms with Gasteiger partial charge in [0.1, 0.15) is 6.04 Å². The highest BCUT2D eigenvalue weighted by Gasteiger charge is 2.61. The largest absolute Gasteiger partial charge is 0.393 e. The molecule has 2 heterocycles. The third-order valence-corrected chi connectivity index (χ3v) is 13.2. The number of amides is 2. The van der Waals surface area contributed by atoms with Gasteiger partial charge in [-0.15, -0.1) is 0 Å². The Morgan fingerprint density at radius 3 is 2.33 bits per heavy atom. The summed E-state index contributed by atoms with van der Waals surface area (Å²) in [6.45, 7) is 12.7. The topological polar surface area (TPSA) is 84.3 Å². The molecule has 2 N–H and O–H groups in total. The zero-order valence-electron chi connectivity index (χ0n) is 25.6. The SMILES string of the molecule is CC(C)CC(=O)N1CCC[C@H]1C(=O)N1CCN([C@H]2C[C@@]3(C)[C@@H](CC[C@@H]4[C@@H]3CC[C@]3(C)[C@@H](O)CC[C@@H]43)C[C@@H]2O)CC1. The van der Waals surface area contributed by atoms with Gasteiger partial charge in [0.05, 0.1) is 12.2 Å². The smallest absolute Gasteiger partial charge is 0.245 e. The minimum atomic E-state index is -0.294. The van der Waals surface area contributed by atoms with Crippen molar-refractivity contribution in [3.8, 4) is 0 Å². The summed E-state index contributed by atoms with van der Waals surface area (Å²) in [5.74, 6) is 3.22. The Hall–Kier alpha value is -1.18. The lowest BCUT2D eigenvalue weighted by Crippen LogP contribution is -2.62. The van der Waals surface area contributed by atoms with Gasteiger partial charge in [-0.1, -0.05) is 27.7 Å². The summed E-state index contributed by atoms with van der Waals surface area (Å²) in [5.41, 5.74) is 0.352. The molecule has 0 aromatic heterocycles. The highest BCUT2D eigenvalue weighted by molar-refractivity contribution is 5.88. The van der Waals surface area contributed by atoms with Gasteiger partial charge in [0, 0.05) is 45.2 Å². The quantitative estimate of drug-likeness (QED) is 0.548. The molecule has 0 aromatic rings. The highest BCUT2D eigenvalue weighted by atomic mass is 16.3. The van der Waals surface area contributed by atoms with Crippen LogP contribution in [0.1, 0.15) is 98.3 Å². The molecule has 226 valence electrons. The summed E-state index contributed by atoms with van der Waals surface area (Å²) in [7, 11) is 0. The molecule has 0 bridgehead atoms. The van der Waals surface area contributed by atoms with Crippen LogP contribution >= 0.6 is 0 Å². The van der Waals surface area contributed by atoms with Crippen molar-refractivity contribution in [1.82, 2.24) is 14.7 Å². The van der Waals surface area contributed by atoms with Crippen LogP contribution < -0.4 is 0 Å². The summed E-state index contributed by atoms with van der Waals surface area (Å²) in [6, 6.07) is -0.127. The van der Waals surface area contributed by atoms with E-state index < -0.39 is 0 Å². The number of piperazine rings is 1. The van der Waals surface area contributed by atoms with Gasteiger partial charge in [0.2, 0.25) is 11.8 Å². The van der Waals surface area contributed by atoms with Gasteiger partial charge in [-0.3, -0.25) is 14.5 Å². The van der Waals surface area contributed by atoms with Gasteiger partial charge in [0.25, 0.3) is 0 Å². The number of rotatable bonds is 4. The van der Waals surface area contributed by atoms with E-state index in [1.165, 1.54) is 25.7 Å². The minimum Gasteiger partial charge on any atom is -0.393 e. The molecule has 2 amide bonds. The molecule has 0 unspecified atom stereocenters. The zero-order valence-corrected chi connectivity index (χ0v) is 25.6. The Kier molecular flexibility index (Phi) is 7.83. The molecular weight excluding hydrogens is 502 g/mol. The minimum absolute atomic E-state index is 0.106. The number of hydrogen-bond acceptors (Lipinski definition) is 5. The van der Waals surface area contributed by atoms with E-state index in [2.05, 4.69) is 32.6 Å². The third kappa shape index (κ3) is 4.74. The van der Waals surface area contributed by atoms with E-state index in [0.29, 0.717) is 49.7 Å². The van der Waals surface area contributed by atoms with E-state index in [4.69, 9.17) is 0 Å². The molecule has 0 aromatic carbocycles. The predicted molar refractivity (Wildman–Crippen MR) is 155 cm³/mol. The van der Waals surface area contributed by atoms with Crippen molar-refractivity contribution in [3.05, 3.63) is 0 Å². The highest BCUT2D eigenvalue weighted by Crippen LogP contribution is 2.66. The van der Waals surface area contributed by atoms with Crippen LogP contribution in [0.2, 0.25) is 0 Å². The maximum atomic E-state index is 13.5. The second-order valence-corrected chi connectivity index (χ2v) is 15.6. The first-order chi connectivity index (χ1) is 19.0. The summed E-state index contributed by atoms with van der Waals surface area (Å²) >= 11 is 0. The molecule has 2 aliphatic heterocycles. The number of fused-ring (bicyclic) bond motifs is 5. The molecule has 10 atom stereocenters. The van der Waals surface area contributed by atoms with Crippen molar-refractivity contribution in [2.75, 3.05) is 32.7 Å². The first-order valence-corrected chi connectivity index (χ1v) is 16.7. The van der Waals surface area contributed by atoms with Gasteiger partial charge in [-0.2, -0.15) is 0 Å². The summed E-state index contributed by atoms with van der Waals surface area (Å²) < 4.78 is 0. The van der Waals surface area contributed by atoms with E-state index in [-0.39, 0.29) is 46.9 Å². The fraction of sp³-hybridized carbons (Fsp3) is 0.939. The molecule has 4 saturated carbocycles. The van der Waals surface area contributed by atoms with Crippen LogP contribution in [0.15, 0.2) is 0 Å². The average Bonchev–Trinajstić information content (AvgIpc) is 3.53. The van der Waals surface area contributed by atoms with Crippen molar-refractivity contribution in [2.24, 2.45) is 40.4 Å². The maximum absolute atomic E-state index is 13.5. The number of nitrogens with zero attached hydrogens (tertiary/aromatic N) is 3. The monoisotopic (exact) mass is 557 g/mol. The zero-order chi connectivity index (χ0) is 28.4. The Labute approximate surface area is 242 Å². The van der Waals surface area contributed by atoms with E-state index in [0.717, 1.165) is 57.5 Å². The first kappa shape index (κ1) is 28.9. The molecule has 6 rings (SSSR count). The predicted octanol–water partition coefficient (Wildman–Crippen LogP) is 3.91. The van der Waals surface area contributed by atoms with Crippen molar-refractivity contribution >= 4 is 11.8 Å². The number of hydrogen-bond donors (Lipinski definition) is 2. The molecule has 4 aliphatic carbocycles. The molecule has 6 fully saturated rings. The van der Waals surface area contributed by atoms with Crippen molar-refractivity contribution in [1.29, 1.82) is 0 Å².